The Balaban J connectivity index is 3.58. The summed E-state index contributed by atoms with van der Waals surface area (Å²) in [4.78, 5) is 0. The summed E-state index contributed by atoms with van der Waals surface area (Å²) in [5.74, 6) is 2.49. The van der Waals surface area contributed by atoms with Crippen molar-refractivity contribution < 1.29 is 13.2 Å². The molecule has 1 unspecified atom stereocenters. The smallest absolute Gasteiger partial charge is 0.197 e. The van der Waals surface area contributed by atoms with Gasteiger partial charge in [-0.1, -0.05) is 12.8 Å². The second-order valence-electron chi connectivity index (χ2n) is 3.66. The summed E-state index contributed by atoms with van der Waals surface area (Å²) in [7, 11) is 0. The molecule has 1 nitrogen and oxygen atoms in total. The van der Waals surface area contributed by atoms with Gasteiger partial charge in [0.1, 0.15) is 0 Å². The summed E-state index contributed by atoms with van der Waals surface area (Å²) >= 11 is 1.09. The first-order valence-electron chi connectivity index (χ1n) is 5.51. The van der Waals surface area contributed by atoms with E-state index in [4.69, 9.17) is 11.7 Å². The van der Waals surface area contributed by atoms with Crippen molar-refractivity contribution in [1.29, 1.82) is 5.26 Å². The van der Waals surface area contributed by atoms with Crippen LogP contribution >= 0.6 is 11.8 Å². The van der Waals surface area contributed by atoms with Gasteiger partial charge in [-0.15, -0.1) is 24.1 Å². The van der Waals surface area contributed by atoms with Gasteiger partial charge in [-0.3, -0.25) is 0 Å². The Hall–Kier alpha value is -0.810. The average Bonchev–Trinajstić information content (AvgIpc) is 2.25. The summed E-state index contributed by atoms with van der Waals surface area (Å²) in [6.07, 6.45) is 4.20. The normalized spacial score (nSPS) is 12.8. The average molecular weight is 263 g/mol. The molecule has 5 heteroatoms. The molecule has 0 aliphatic carbocycles. The molecule has 0 fully saturated rings. The molecule has 96 valence electrons. The first kappa shape index (κ1) is 16.2. The minimum atomic E-state index is -4.13. The number of thioether (sulfide) groups is 1. The number of alkyl halides is 3. The SMILES string of the molecule is C#CCCCCCC(C#N)SCCC(F)(F)F. The van der Waals surface area contributed by atoms with Crippen LogP contribution in [0.1, 0.15) is 38.5 Å². The molecule has 0 radical (unpaired) electrons. The maximum absolute atomic E-state index is 11.9. The molecule has 0 saturated heterocycles. The van der Waals surface area contributed by atoms with E-state index >= 15 is 0 Å². The first-order chi connectivity index (χ1) is 7.99. The van der Waals surface area contributed by atoms with Gasteiger partial charge in [0.05, 0.1) is 17.7 Å². The molecule has 0 aliphatic heterocycles. The summed E-state index contributed by atoms with van der Waals surface area (Å²) < 4.78 is 35.7. The molecule has 0 N–H and O–H groups in total. The molecule has 0 saturated carbocycles. The van der Waals surface area contributed by atoms with Crippen LogP contribution in [0.15, 0.2) is 0 Å². The van der Waals surface area contributed by atoms with Crippen LogP contribution in [0.25, 0.3) is 0 Å². The number of hydrogen-bond donors (Lipinski definition) is 0. The van der Waals surface area contributed by atoms with E-state index in [9.17, 15) is 13.2 Å². The Bertz CT molecular complexity index is 275. The maximum atomic E-state index is 11.9. The third-order valence-electron chi connectivity index (χ3n) is 2.14. The number of halogens is 3. The lowest BCUT2D eigenvalue weighted by Crippen LogP contribution is -2.10. The van der Waals surface area contributed by atoms with Crippen LogP contribution in [-0.4, -0.2) is 17.2 Å². The highest BCUT2D eigenvalue weighted by molar-refractivity contribution is 8.00. The Morgan fingerprint density at radius 3 is 2.47 bits per heavy atom. The second-order valence-corrected chi connectivity index (χ2v) is 4.97. The van der Waals surface area contributed by atoms with E-state index in [1.807, 2.05) is 6.07 Å². The molecule has 0 aromatic carbocycles. The molecular formula is C12H16F3NS. The standard InChI is InChI=1S/C12H16F3NS/c1-2-3-4-5-6-7-11(10-16)17-9-8-12(13,14)15/h1,11H,3-9H2. The number of unbranched alkanes of at least 4 members (excludes halogenated alkanes) is 3. The Kier molecular flexibility index (Phi) is 8.80. The minimum absolute atomic E-state index is 0.0356. The molecule has 0 aromatic rings. The van der Waals surface area contributed by atoms with Gasteiger partial charge < -0.3 is 0 Å². The lowest BCUT2D eigenvalue weighted by molar-refractivity contribution is -0.129. The number of hydrogen-bond acceptors (Lipinski definition) is 2. The van der Waals surface area contributed by atoms with Gasteiger partial charge in [0.25, 0.3) is 0 Å². The van der Waals surface area contributed by atoms with Crippen molar-refractivity contribution in [3.63, 3.8) is 0 Å². The van der Waals surface area contributed by atoms with Gasteiger partial charge in [0.15, 0.2) is 0 Å². The maximum Gasteiger partial charge on any atom is 0.389 e. The van der Waals surface area contributed by atoms with Gasteiger partial charge in [-0.25, -0.2) is 0 Å². The fourth-order valence-corrected chi connectivity index (χ4v) is 2.28. The lowest BCUT2D eigenvalue weighted by Gasteiger charge is -2.09. The monoisotopic (exact) mass is 263 g/mol. The Labute approximate surface area is 105 Å². The molecule has 0 spiro atoms. The van der Waals surface area contributed by atoms with Crippen molar-refractivity contribution in [2.24, 2.45) is 0 Å². The summed E-state index contributed by atoms with van der Waals surface area (Å²) in [6.45, 7) is 0. The van der Waals surface area contributed by atoms with Crippen LogP contribution in [0.5, 0.6) is 0 Å². The van der Waals surface area contributed by atoms with Gasteiger partial charge >= 0.3 is 6.18 Å². The fraction of sp³-hybridized carbons (Fsp3) is 0.750. The third kappa shape index (κ3) is 11.5. The molecule has 0 amide bonds. The van der Waals surface area contributed by atoms with E-state index in [1.54, 1.807) is 0 Å². The lowest BCUT2D eigenvalue weighted by atomic mass is 10.1. The van der Waals surface area contributed by atoms with Crippen LogP contribution < -0.4 is 0 Å². The molecule has 1 atom stereocenters. The molecule has 0 aliphatic rings. The van der Waals surface area contributed by atoms with Crippen molar-refractivity contribution in [1.82, 2.24) is 0 Å². The number of nitrogens with zero attached hydrogens (tertiary/aromatic N) is 1. The number of nitriles is 1. The topological polar surface area (TPSA) is 23.8 Å². The Morgan fingerprint density at radius 2 is 1.94 bits per heavy atom. The molecular weight excluding hydrogens is 247 g/mol. The fourth-order valence-electron chi connectivity index (χ4n) is 1.24. The zero-order valence-electron chi connectivity index (χ0n) is 9.59. The predicted molar refractivity (Wildman–Crippen MR) is 64.4 cm³/mol. The minimum Gasteiger partial charge on any atom is -0.197 e. The van der Waals surface area contributed by atoms with E-state index < -0.39 is 12.6 Å². The van der Waals surface area contributed by atoms with Crippen LogP contribution in [-0.2, 0) is 0 Å². The largest absolute Gasteiger partial charge is 0.389 e. The van der Waals surface area contributed by atoms with Crippen LogP contribution in [0.2, 0.25) is 0 Å². The molecule has 0 aromatic heterocycles. The summed E-state index contributed by atoms with van der Waals surface area (Å²) in [5, 5.41) is 8.44. The number of terminal acetylenes is 1. The van der Waals surface area contributed by atoms with E-state index in [0.717, 1.165) is 37.4 Å². The first-order valence-corrected chi connectivity index (χ1v) is 6.56. The Morgan fingerprint density at radius 1 is 1.24 bits per heavy atom. The van der Waals surface area contributed by atoms with Gasteiger partial charge in [0, 0.05) is 12.2 Å². The van der Waals surface area contributed by atoms with Gasteiger partial charge in [-0.05, 0) is 12.8 Å². The summed E-state index contributed by atoms with van der Waals surface area (Å²) in [5.41, 5.74) is 0. The van der Waals surface area contributed by atoms with Crippen molar-refractivity contribution >= 4 is 11.8 Å². The van der Waals surface area contributed by atoms with E-state index in [0.29, 0.717) is 6.42 Å². The van der Waals surface area contributed by atoms with Crippen molar-refractivity contribution in [2.75, 3.05) is 5.75 Å². The quantitative estimate of drug-likeness (QED) is 0.485. The number of rotatable bonds is 8. The van der Waals surface area contributed by atoms with Crippen LogP contribution in [0.3, 0.4) is 0 Å². The third-order valence-corrected chi connectivity index (χ3v) is 3.32. The molecule has 0 bridgehead atoms. The molecule has 0 heterocycles. The highest BCUT2D eigenvalue weighted by Crippen LogP contribution is 2.25. The van der Waals surface area contributed by atoms with Crippen molar-refractivity contribution in [3.8, 4) is 18.4 Å². The van der Waals surface area contributed by atoms with Gasteiger partial charge in [0.2, 0.25) is 0 Å². The van der Waals surface area contributed by atoms with E-state index in [2.05, 4.69) is 5.92 Å². The zero-order chi connectivity index (χ0) is 13.1. The van der Waals surface area contributed by atoms with E-state index in [1.165, 1.54) is 0 Å². The van der Waals surface area contributed by atoms with Crippen LogP contribution in [0, 0.1) is 23.7 Å². The van der Waals surface area contributed by atoms with Crippen molar-refractivity contribution in [2.45, 2.75) is 50.0 Å². The zero-order valence-corrected chi connectivity index (χ0v) is 10.4. The predicted octanol–water partition coefficient (Wildman–Crippen LogP) is 4.15. The summed E-state index contributed by atoms with van der Waals surface area (Å²) in [6, 6.07) is 2.03. The van der Waals surface area contributed by atoms with Crippen molar-refractivity contribution in [3.05, 3.63) is 0 Å². The highest BCUT2D eigenvalue weighted by atomic mass is 32.2. The van der Waals surface area contributed by atoms with Crippen LogP contribution in [0.4, 0.5) is 13.2 Å². The van der Waals surface area contributed by atoms with E-state index in [-0.39, 0.29) is 11.0 Å². The molecule has 0 rings (SSSR count). The van der Waals surface area contributed by atoms with Gasteiger partial charge in [-0.2, -0.15) is 18.4 Å². The molecule has 17 heavy (non-hydrogen) atoms. The highest BCUT2D eigenvalue weighted by Gasteiger charge is 2.26. The second kappa shape index (κ2) is 9.24.